The van der Waals surface area contributed by atoms with Crippen LogP contribution in [-0.2, 0) is 6.54 Å². The van der Waals surface area contributed by atoms with Crippen molar-refractivity contribution in [1.29, 1.82) is 0 Å². The highest BCUT2D eigenvalue weighted by molar-refractivity contribution is 5.32. The van der Waals surface area contributed by atoms with Crippen molar-refractivity contribution in [2.75, 3.05) is 33.4 Å². The van der Waals surface area contributed by atoms with Crippen LogP contribution in [0, 0.1) is 0 Å². The van der Waals surface area contributed by atoms with Gasteiger partial charge >= 0.3 is 0 Å². The van der Waals surface area contributed by atoms with Crippen LogP contribution in [-0.4, -0.2) is 47.8 Å². The lowest BCUT2D eigenvalue weighted by Crippen LogP contribution is -2.36. The lowest BCUT2D eigenvalue weighted by atomic mass is 9.97. The third kappa shape index (κ3) is 4.75. The Hall–Kier alpha value is -2.01. The predicted molar refractivity (Wildman–Crippen MR) is 99.4 cm³/mol. The van der Waals surface area contributed by atoms with E-state index in [4.69, 9.17) is 9.47 Å². The first kappa shape index (κ1) is 17.8. The maximum absolute atomic E-state index is 5.85. The van der Waals surface area contributed by atoms with E-state index in [0.717, 1.165) is 44.2 Å². The van der Waals surface area contributed by atoms with Crippen LogP contribution in [0.15, 0.2) is 36.7 Å². The van der Waals surface area contributed by atoms with Crippen LogP contribution in [0.25, 0.3) is 0 Å². The van der Waals surface area contributed by atoms with Crippen molar-refractivity contribution in [3.63, 3.8) is 0 Å². The monoisotopic (exact) mass is 343 g/mol. The first-order valence-corrected chi connectivity index (χ1v) is 9.30. The normalized spacial score (nSPS) is 18.2. The zero-order chi connectivity index (χ0) is 17.5. The number of hydrogen-bond acceptors (Lipinski definition) is 4. The molecule has 1 aromatic heterocycles. The number of aromatic nitrogens is 2. The molecule has 3 rings (SSSR count). The number of aryl methyl sites for hydroxylation is 1. The van der Waals surface area contributed by atoms with Gasteiger partial charge in [0.2, 0.25) is 0 Å². The van der Waals surface area contributed by atoms with Crippen molar-refractivity contribution in [3.8, 4) is 11.5 Å². The van der Waals surface area contributed by atoms with Crippen molar-refractivity contribution in [2.45, 2.75) is 38.6 Å². The number of benzene rings is 1. The fraction of sp³-hybridized carbons (Fsp3) is 0.550. The van der Waals surface area contributed by atoms with E-state index >= 15 is 0 Å². The highest BCUT2D eigenvalue weighted by atomic mass is 16.5. The molecule has 1 atom stereocenters. The molecule has 25 heavy (non-hydrogen) atoms. The highest BCUT2D eigenvalue weighted by Crippen LogP contribution is 2.26. The number of methoxy groups -OCH3 is 1. The number of rotatable bonds is 8. The van der Waals surface area contributed by atoms with E-state index in [1.807, 2.05) is 30.5 Å². The number of likely N-dealkylation sites (tertiary alicyclic amines) is 1. The molecule has 0 amide bonds. The summed E-state index contributed by atoms with van der Waals surface area (Å²) in [7, 11) is 1.68. The standard InChI is InChI=1S/C20H29N3O2/c1-3-23-13-10-21-20(23)17-7-5-11-22(16-17)12-6-14-25-19-9-4-8-18(15-19)24-2/h4,8-10,13,15,17H,3,5-7,11-12,14,16H2,1-2H3. The Morgan fingerprint density at radius 1 is 1.28 bits per heavy atom. The van der Waals surface area contributed by atoms with Crippen LogP contribution in [0.1, 0.15) is 37.9 Å². The molecule has 2 aromatic rings. The molecule has 0 N–H and O–H groups in total. The number of nitrogens with zero attached hydrogens (tertiary/aromatic N) is 3. The number of ether oxygens (including phenoxy) is 2. The molecule has 1 aliphatic heterocycles. The maximum atomic E-state index is 5.85. The molecule has 0 bridgehead atoms. The van der Waals surface area contributed by atoms with Crippen LogP contribution in [0.2, 0.25) is 0 Å². The summed E-state index contributed by atoms with van der Waals surface area (Å²) in [5, 5.41) is 0. The average molecular weight is 343 g/mol. The van der Waals surface area contributed by atoms with E-state index in [1.165, 1.54) is 25.2 Å². The second-order valence-electron chi connectivity index (χ2n) is 6.59. The second-order valence-corrected chi connectivity index (χ2v) is 6.59. The van der Waals surface area contributed by atoms with Gasteiger partial charge in [-0.15, -0.1) is 0 Å². The number of hydrogen-bond donors (Lipinski definition) is 0. The summed E-state index contributed by atoms with van der Waals surface area (Å²) in [6.45, 7) is 7.28. The molecule has 0 radical (unpaired) electrons. The van der Waals surface area contributed by atoms with Gasteiger partial charge in [0.05, 0.1) is 13.7 Å². The van der Waals surface area contributed by atoms with Crippen LogP contribution < -0.4 is 9.47 Å². The molecular formula is C20H29N3O2. The predicted octanol–water partition coefficient (Wildman–Crippen LogP) is 3.56. The molecule has 2 heterocycles. The van der Waals surface area contributed by atoms with Gasteiger partial charge in [-0.2, -0.15) is 0 Å². The molecule has 1 saturated heterocycles. The van der Waals surface area contributed by atoms with Crippen molar-refractivity contribution in [1.82, 2.24) is 14.5 Å². The Morgan fingerprint density at radius 2 is 2.16 bits per heavy atom. The Bertz CT molecular complexity index is 656. The minimum absolute atomic E-state index is 0.558. The largest absolute Gasteiger partial charge is 0.497 e. The lowest BCUT2D eigenvalue weighted by Gasteiger charge is -2.32. The molecule has 0 saturated carbocycles. The minimum Gasteiger partial charge on any atom is -0.497 e. The quantitative estimate of drug-likeness (QED) is 0.687. The Kier molecular flexibility index (Phi) is 6.34. The summed E-state index contributed by atoms with van der Waals surface area (Å²) >= 11 is 0. The van der Waals surface area contributed by atoms with Crippen molar-refractivity contribution in [2.24, 2.45) is 0 Å². The van der Waals surface area contributed by atoms with Gasteiger partial charge in [0.15, 0.2) is 0 Å². The van der Waals surface area contributed by atoms with Crippen molar-refractivity contribution >= 4 is 0 Å². The zero-order valence-corrected chi connectivity index (χ0v) is 15.4. The van der Waals surface area contributed by atoms with E-state index in [0.29, 0.717) is 5.92 Å². The van der Waals surface area contributed by atoms with Crippen molar-refractivity contribution in [3.05, 3.63) is 42.5 Å². The Morgan fingerprint density at radius 3 is 3.00 bits per heavy atom. The smallest absolute Gasteiger partial charge is 0.122 e. The summed E-state index contributed by atoms with van der Waals surface area (Å²) in [6.07, 6.45) is 7.55. The Balaban J connectivity index is 1.44. The van der Waals surface area contributed by atoms with Crippen LogP contribution in [0.3, 0.4) is 0 Å². The average Bonchev–Trinajstić information content (AvgIpc) is 3.14. The van der Waals surface area contributed by atoms with Crippen LogP contribution >= 0.6 is 0 Å². The number of imidazole rings is 1. The zero-order valence-electron chi connectivity index (χ0n) is 15.4. The van der Waals surface area contributed by atoms with Gasteiger partial charge in [-0.3, -0.25) is 0 Å². The van der Waals surface area contributed by atoms with Gasteiger partial charge in [-0.1, -0.05) is 6.07 Å². The molecular weight excluding hydrogens is 314 g/mol. The molecule has 0 spiro atoms. The van der Waals surface area contributed by atoms with E-state index < -0.39 is 0 Å². The second kappa shape index (κ2) is 8.90. The van der Waals surface area contributed by atoms with E-state index in [9.17, 15) is 0 Å². The highest BCUT2D eigenvalue weighted by Gasteiger charge is 2.24. The number of piperidine rings is 1. The van der Waals surface area contributed by atoms with Crippen LogP contribution in [0.5, 0.6) is 11.5 Å². The fourth-order valence-corrected chi connectivity index (χ4v) is 3.59. The van der Waals surface area contributed by atoms with Gasteiger partial charge in [-0.05, 0) is 44.9 Å². The van der Waals surface area contributed by atoms with Crippen molar-refractivity contribution < 1.29 is 9.47 Å². The summed E-state index contributed by atoms with van der Waals surface area (Å²) in [5.41, 5.74) is 0. The molecule has 1 fully saturated rings. The van der Waals surface area contributed by atoms with E-state index in [2.05, 4.69) is 27.6 Å². The van der Waals surface area contributed by atoms with Gasteiger partial charge in [0, 0.05) is 44.0 Å². The minimum atomic E-state index is 0.558. The Labute approximate surface area is 150 Å². The summed E-state index contributed by atoms with van der Waals surface area (Å²) in [4.78, 5) is 7.15. The molecule has 5 nitrogen and oxygen atoms in total. The third-order valence-electron chi connectivity index (χ3n) is 4.89. The molecule has 0 aliphatic carbocycles. The van der Waals surface area contributed by atoms with E-state index in [1.54, 1.807) is 7.11 Å². The fourth-order valence-electron chi connectivity index (χ4n) is 3.59. The molecule has 5 heteroatoms. The first-order chi connectivity index (χ1) is 12.3. The summed E-state index contributed by atoms with van der Waals surface area (Å²) in [6, 6.07) is 7.80. The molecule has 1 aliphatic rings. The SMILES string of the molecule is CCn1ccnc1C1CCCN(CCCOc2cccc(OC)c2)C1. The molecule has 1 unspecified atom stereocenters. The van der Waals surface area contributed by atoms with Gasteiger partial charge in [0.25, 0.3) is 0 Å². The van der Waals surface area contributed by atoms with Gasteiger partial charge in [0.1, 0.15) is 17.3 Å². The summed E-state index contributed by atoms with van der Waals surface area (Å²) in [5.74, 6) is 3.52. The maximum Gasteiger partial charge on any atom is 0.122 e. The molecule has 1 aromatic carbocycles. The third-order valence-corrected chi connectivity index (χ3v) is 4.89. The van der Waals surface area contributed by atoms with Gasteiger partial charge < -0.3 is 18.9 Å². The molecule has 136 valence electrons. The van der Waals surface area contributed by atoms with E-state index in [-0.39, 0.29) is 0 Å². The lowest BCUT2D eigenvalue weighted by molar-refractivity contribution is 0.185. The topological polar surface area (TPSA) is 39.5 Å². The first-order valence-electron chi connectivity index (χ1n) is 9.30. The van der Waals surface area contributed by atoms with Crippen LogP contribution in [0.4, 0.5) is 0 Å². The summed E-state index contributed by atoms with van der Waals surface area (Å²) < 4.78 is 13.4. The van der Waals surface area contributed by atoms with Gasteiger partial charge in [-0.25, -0.2) is 4.98 Å².